The van der Waals surface area contributed by atoms with Crippen molar-refractivity contribution in [3.8, 4) is 5.75 Å². The summed E-state index contributed by atoms with van der Waals surface area (Å²) in [5, 5.41) is 13.1. The van der Waals surface area contributed by atoms with E-state index in [0.717, 1.165) is 37.3 Å². The molecule has 0 fully saturated rings. The van der Waals surface area contributed by atoms with Gasteiger partial charge in [0.05, 0.1) is 5.69 Å². The molecular formula is C16H19N3O. The Morgan fingerprint density at radius 3 is 3.10 bits per heavy atom. The lowest BCUT2D eigenvalue weighted by Crippen LogP contribution is -2.25. The normalized spacial score (nSPS) is 17.8. The number of aromatic nitrogens is 2. The molecule has 4 nitrogen and oxygen atoms in total. The average Bonchev–Trinajstić information content (AvgIpc) is 2.44. The second-order valence-electron chi connectivity index (χ2n) is 5.30. The van der Waals surface area contributed by atoms with Crippen LogP contribution in [-0.4, -0.2) is 15.1 Å². The molecule has 2 aromatic rings. The molecule has 104 valence electrons. The van der Waals surface area contributed by atoms with Gasteiger partial charge in [-0.25, -0.2) is 9.97 Å². The van der Waals surface area contributed by atoms with Gasteiger partial charge in [0.1, 0.15) is 11.6 Å². The predicted molar refractivity (Wildman–Crippen MR) is 77.4 cm³/mol. The second kappa shape index (κ2) is 5.59. The first-order valence-corrected chi connectivity index (χ1v) is 7.06. The van der Waals surface area contributed by atoms with Gasteiger partial charge in [-0.2, -0.15) is 0 Å². The third-order valence-corrected chi connectivity index (χ3v) is 3.80. The van der Waals surface area contributed by atoms with Crippen LogP contribution in [0.5, 0.6) is 5.75 Å². The van der Waals surface area contributed by atoms with E-state index < -0.39 is 0 Å². The zero-order chi connectivity index (χ0) is 13.9. The van der Waals surface area contributed by atoms with Crippen molar-refractivity contribution in [1.29, 1.82) is 0 Å². The fourth-order valence-electron chi connectivity index (χ4n) is 2.84. The van der Waals surface area contributed by atoms with Crippen molar-refractivity contribution in [2.24, 2.45) is 0 Å². The zero-order valence-electron chi connectivity index (χ0n) is 11.6. The molecule has 1 aliphatic rings. The SMILES string of the molecule is Cc1nccc(CNC2CCCc3cc(O)ccc32)n1. The number of hydrogen-bond donors (Lipinski definition) is 2. The summed E-state index contributed by atoms with van der Waals surface area (Å²) in [6.45, 7) is 2.65. The minimum absolute atomic E-state index is 0.342. The Kier molecular flexibility index (Phi) is 3.65. The molecule has 0 saturated heterocycles. The van der Waals surface area contributed by atoms with Gasteiger partial charge in [0.25, 0.3) is 0 Å². The summed E-state index contributed by atoms with van der Waals surface area (Å²) in [6, 6.07) is 7.98. The predicted octanol–water partition coefficient (Wildman–Crippen LogP) is 2.66. The first kappa shape index (κ1) is 13.1. The molecule has 1 atom stereocenters. The molecule has 0 amide bonds. The molecule has 4 heteroatoms. The van der Waals surface area contributed by atoms with Crippen molar-refractivity contribution in [3.63, 3.8) is 0 Å². The van der Waals surface area contributed by atoms with Crippen LogP contribution in [0.1, 0.15) is 41.5 Å². The maximum Gasteiger partial charge on any atom is 0.125 e. The van der Waals surface area contributed by atoms with Crippen molar-refractivity contribution < 1.29 is 5.11 Å². The van der Waals surface area contributed by atoms with Crippen molar-refractivity contribution in [1.82, 2.24) is 15.3 Å². The second-order valence-corrected chi connectivity index (χ2v) is 5.30. The van der Waals surface area contributed by atoms with Gasteiger partial charge in [0.2, 0.25) is 0 Å². The Labute approximate surface area is 118 Å². The molecule has 0 spiro atoms. The molecule has 1 aromatic carbocycles. The molecule has 1 aromatic heterocycles. The highest BCUT2D eigenvalue weighted by Crippen LogP contribution is 2.31. The van der Waals surface area contributed by atoms with Crippen molar-refractivity contribution in [3.05, 3.63) is 53.1 Å². The number of aryl methyl sites for hydroxylation is 2. The van der Waals surface area contributed by atoms with Gasteiger partial charge in [0.15, 0.2) is 0 Å². The third kappa shape index (κ3) is 2.80. The number of nitrogens with one attached hydrogen (secondary N) is 1. The van der Waals surface area contributed by atoms with Crippen LogP contribution >= 0.6 is 0 Å². The van der Waals surface area contributed by atoms with Gasteiger partial charge in [-0.1, -0.05) is 6.07 Å². The van der Waals surface area contributed by atoms with Gasteiger partial charge in [-0.3, -0.25) is 0 Å². The van der Waals surface area contributed by atoms with E-state index in [0.29, 0.717) is 11.8 Å². The van der Waals surface area contributed by atoms with E-state index in [1.807, 2.05) is 25.1 Å². The van der Waals surface area contributed by atoms with Crippen molar-refractivity contribution in [2.45, 2.75) is 38.8 Å². The van der Waals surface area contributed by atoms with Gasteiger partial charge >= 0.3 is 0 Å². The lowest BCUT2D eigenvalue weighted by atomic mass is 9.87. The largest absolute Gasteiger partial charge is 0.508 e. The first-order valence-electron chi connectivity index (χ1n) is 7.06. The van der Waals surface area contributed by atoms with E-state index in [-0.39, 0.29) is 0 Å². The summed E-state index contributed by atoms with van der Waals surface area (Å²) >= 11 is 0. The summed E-state index contributed by atoms with van der Waals surface area (Å²) in [5.41, 5.74) is 3.58. The van der Waals surface area contributed by atoms with Crippen molar-refractivity contribution in [2.75, 3.05) is 0 Å². The Bertz CT molecular complexity index is 612. The minimum atomic E-state index is 0.342. The monoisotopic (exact) mass is 269 g/mol. The number of phenolic OH excluding ortho intramolecular Hbond substituents is 1. The topological polar surface area (TPSA) is 58.0 Å². The molecule has 0 radical (unpaired) electrons. The quantitative estimate of drug-likeness (QED) is 0.899. The Hall–Kier alpha value is -1.94. The highest BCUT2D eigenvalue weighted by Gasteiger charge is 2.20. The van der Waals surface area contributed by atoms with Crippen LogP contribution in [-0.2, 0) is 13.0 Å². The van der Waals surface area contributed by atoms with Crippen LogP contribution in [0, 0.1) is 6.92 Å². The van der Waals surface area contributed by atoms with E-state index in [2.05, 4.69) is 15.3 Å². The highest BCUT2D eigenvalue weighted by molar-refractivity contribution is 5.38. The van der Waals surface area contributed by atoms with Crippen LogP contribution in [0.4, 0.5) is 0 Å². The molecule has 0 bridgehead atoms. The minimum Gasteiger partial charge on any atom is -0.508 e. The van der Waals surface area contributed by atoms with Gasteiger partial charge in [-0.05, 0) is 55.5 Å². The van der Waals surface area contributed by atoms with E-state index in [9.17, 15) is 5.11 Å². The smallest absolute Gasteiger partial charge is 0.125 e. The van der Waals surface area contributed by atoms with Crippen LogP contribution in [0.15, 0.2) is 30.5 Å². The summed E-state index contributed by atoms with van der Waals surface area (Å²) in [7, 11) is 0. The van der Waals surface area contributed by atoms with Crippen LogP contribution in [0.2, 0.25) is 0 Å². The third-order valence-electron chi connectivity index (χ3n) is 3.80. The van der Waals surface area contributed by atoms with E-state index in [1.54, 1.807) is 12.3 Å². The van der Waals surface area contributed by atoms with E-state index in [1.165, 1.54) is 11.1 Å². The fourth-order valence-corrected chi connectivity index (χ4v) is 2.84. The summed E-state index contributed by atoms with van der Waals surface area (Å²) < 4.78 is 0. The molecule has 1 aliphatic carbocycles. The van der Waals surface area contributed by atoms with Gasteiger partial charge in [0, 0.05) is 18.8 Å². The molecule has 2 N–H and O–H groups in total. The number of benzene rings is 1. The maximum absolute atomic E-state index is 9.58. The van der Waals surface area contributed by atoms with Gasteiger partial charge < -0.3 is 10.4 Å². The molecule has 1 unspecified atom stereocenters. The average molecular weight is 269 g/mol. The lowest BCUT2D eigenvalue weighted by molar-refractivity contribution is 0.447. The molecule has 1 heterocycles. The number of aromatic hydroxyl groups is 1. The summed E-state index contributed by atoms with van der Waals surface area (Å²) in [6.07, 6.45) is 5.12. The van der Waals surface area contributed by atoms with Gasteiger partial charge in [-0.15, -0.1) is 0 Å². The van der Waals surface area contributed by atoms with Crippen molar-refractivity contribution >= 4 is 0 Å². The standard InChI is InChI=1S/C16H19N3O/c1-11-17-8-7-13(19-11)10-18-16-4-2-3-12-9-14(20)5-6-15(12)16/h5-9,16,18,20H,2-4,10H2,1H3. The number of fused-ring (bicyclic) bond motifs is 1. The molecular weight excluding hydrogens is 250 g/mol. The Morgan fingerprint density at radius 1 is 1.35 bits per heavy atom. The summed E-state index contributed by atoms with van der Waals surface area (Å²) in [4.78, 5) is 8.53. The number of hydrogen-bond acceptors (Lipinski definition) is 4. The number of phenols is 1. The molecule has 3 rings (SSSR count). The number of nitrogens with zero attached hydrogens (tertiary/aromatic N) is 2. The van der Waals surface area contributed by atoms with Crippen LogP contribution in [0.25, 0.3) is 0 Å². The van der Waals surface area contributed by atoms with E-state index in [4.69, 9.17) is 0 Å². The van der Waals surface area contributed by atoms with Crippen LogP contribution < -0.4 is 5.32 Å². The summed E-state index contributed by atoms with van der Waals surface area (Å²) in [5.74, 6) is 1.16. The molecule has 20 heavy (non-hydrogen) atoms. The van der Waals surface area contributed by atoms with E-state index >= 15 is 0 Å². The maximum atomic E-state index is 9.58. The first-order chi connectivity index (χ1) is 9.72. The van der Waals surface area contributed by atoms with Crippen LogP contribution in [0.3, 0.4) is 0 Å². The Balaban J connectivity index is 1.73. The highest BCUT2D eigenvalue weighted by atomic mass is 16.3. The fraction of sp³-hybridized carbons (Fsp3) is 0.375. The zero-order valence-corrected chi connectivity index (χ0v) is 11.6. The lowest BCUT2D eigenvalue weighted by Gasteiger charge is -2.26. The number of rotatable bonds is 3. The Morgan fingerprint density at radius 2 is 2.25 bits per heavy atom. The molecule has 0 aliphatic heterocycles. The molecule has 0 saturated carbocycles.